The zero-order valence-corrected chi connectivity index (χ0v) is 10.7. The zero-order valence-electron chi connectivity index (χ0n) is 10.7. The summed E-state index contributed by atoms with van der Waals surface area (Å²) >= 11 is 0. The van der Waals surface area contributed by atoms with Gasteiger partial charge < -0.3 is 15.5 Å². The minimum atomic E-state index is -1.03. The Hall–Kier alpha value is -2.08. The number of hydrogen-bond donors (Lipinski definition) is 3. The molecule has 2 aromatic heterocycles. The second kappa shape index (κ2) is 5.71. The fraction of sp³-hybridized carbons (Fsp3) is 0.385. The lowest BCUT2D eigenvalue weighted by Gasteiger charge is -2.08. The number of hydrogen-bond acceptors (Lipinski definition) is 4. The average molecular weight is 263 g/mol. The Bertz CT molecular complexity index is 580. The largest absolute Gasteiger partial charge is 0.476 e. The molecule has 0 aromatic carbocycles. The molecular weight excluding hydrogens is 246 g/mol. The van der Waals surface area contributed by atoms with Crippen molar-refractivity contribution in [2.75, 3.05) is 11.9 Å². The summed E-state index contributed by atoms with van der Waals surface area (Å²) in [6.45, 7) is 2.39. The van der Waals surface area contributed by atoms with E-state index in [1.807, 2.05) is 6.92 Å². The van der Waals surface area contributed by atoms with Gasteiger partial charge in [0.15, 0.2) is 11.5 Å². The van der Waals surface area contributed by atoms with Crippen molar-refractivity contribution < 1.29 is 15.0 Å². The van der Waals surface area contributed by atoms with E-state index in [4.69, 9.17) is 0 Å². The van der Waals surface area contributed by atoms with Gasteiger partial charge in [-0.1, -0.05) is 13.0 Å². The predicted molar refractivity (Wildman–Crippen MR) is 71.6 cm³/mol. The third-order valence-corrected chi connectivity index (χ3v) is 2.97. The van der Waals surface area contributed by atoms with Crippen LogP contribution in [0.5, 0.6) is 0 Å². The van der Waals surface area contributed by atoms with E-state index < -0.39 is 5.97 Å². The third-order valence-electron chi connectivity index (χ3n) is 2.97. The topological polar surface area (TPSA) is 86.9 Å². The van der Waals surface area contributed by atoms with Gasteiger partial charge in [-0.3, -0.25) is 4.40 Å². The summed E-state index contributed by atoms with van der Waals surface area (Å²) in [5.41, 5.74) is 0.694. The van der Waals surface area contributed by atoms with Gasteiger partial charge in [-0.15, -0.1) is 0 Å². The lowest BCUT2D eigenvalue weighted by Crippen LogP contribution is -2.14. The summed E-state index contributed by atoms with van der Waals surface area (Å²) < 4.78 is 1.53. The van der Waals surface area contributed by atoms with Crippen molar-refractivity contribution in [2.24, 2.45) is 0 Å². The highest BCUT2D eigenvalue weighted by Gasteiger charge is 2.17. The van der Waals surface area contributed by atoms with Crippen LogP contribution in [0.25, 0.3) is 5.65 Å². The maximum atomic E-state index is 11.3. The van der Waals surface area contributed by atoms with Gasteiger partial charge in [-0.05, 0) is 25.0 Å². The molecule has 1 atom stereocenters. The van der Waals surface area contributed by atoms with Gasteiger partial charge in [0.1, 0.15) is 5.65 Å². The fourth-order valence-corrected chi connectivity index (χ4v) is 1.88. The van der Waals surface area contributed by atoms with Crippen LogP contribution in [0, 0.1) is 0 Å². The van der Waals surface area contributed by atoms with Gasteiger partial charge in [0.2, 0.25) is 0 Å². The number of anilines is 1. The van der Waals surface area contributed by atoms with Gasteiger partial charge in [0.25, 0.3) is 0 Å². The molecule has 2 aromatic rings. The van der Waals surface area contributed by atoms with Crippen LogP contribution in [0.2, 0.25) is 0 Å². The first kappa shape index (κ1) is 13.4. The van der Waals surface area contributed by atoms with Crippen LogP contribution in [-0.2, 0) is 0 Å². The molecule has 0 radical (unpaired) electrons. The van der Waals surface area contributed by atoms with Crippen molar-refractivity contribution >= 4 is 17.4 Å². The molecule has 19 heavy (non-hydrogen) atoms. The van der Waals surface area contributed by atoms with E-state index in [1.54, 1.807) is 24.4 Å². The van der Waals surface area contributed by atoms with Gasteiger partial charge in [-0.2, -0.15) is 0 Å². The van der Waals surface area contributed by atoms with Crippen LogP contribution >= 0.6 is 0 Å². The highest BCUT2D eigenvalue weighted by atomic mass is 16.4. The van der Waals surface area contributed by atoms with Gasteiger partial charge in [-0.25, -0.2) is 9.78 Å². The molecule has 2 rings (SSSR count). The summed E-state index contributed by atoms with van der Waals surface area (Å²) in [5.74, 6) is -0.695. The maximum absolute atomic E-state index is 11.3. The van der Waals surface area contributed by atoms with Crippen molar-refractivity contribution in [3.05, 3.63) is 30.1 Å². The first-order valence-electron chi connectivity index (χ1n) is 6.25. The van der Waals surface area contributed by atoms with Gasteiger partial charge in [0.05, 0.1) is 6.10 Å². The molecule has 3 N–H and O–H groups in total. The standard InChI is InChI=1S/C13H17N3O3/c1-2-9(17)6-7-14-12-11(13(18)19)16-8-4-3-5-10(16)15-12/h3-5,8-9,14,17H,2,6-7H2,1H3,(H,18,19). The quantitative estimate of drug-likeness (QED) is 0.737. The van der Waals surface area contributed by atoms with Crippen molar-refractivity contribution in [3.63, 3.8) is 0 Å². The second-order valence-electron chi connectivity index (χ2n) is 4.32. The SMILES string of the molecule is CCC(O)CCNc1nc2ccccn2c1C(=O)O. The molecule has 0 aliphatic carbocycles. The molecule has 2 heterocycles. The predicted octanol–water partition coefficient (Wildman–Crippen LogP) is 1.61. The molecule has 1 unspecified atom stereocenters. The Morgan fingerprint density at radius 1 is 1.53 bits per heavy atom. The first-order chi connectivity index (χ1) is 9.13. The lowest BCUT2D eigenvalue weighted by atomic mass is 10.2. The molecule has 0 amide bonds. The van der Waals surface area contributed by atoms with E-state index >= 15 is 0 Å². The molecule has 0 saturated carbocycles. The zero-order chi connectivity index (χ0) is 13.8. The smallest absolute Gasteiger partial charge is 0.356 e. The van der Waals surface area contributed by atoms with Crippen molar-refractivity contribution in [1.82, 2.24) is 9.38 Å². The molecule has 0 saturated heterocycles. The van der Waals surface area contributed by atoms with Crippen LogP contribution in [0.3, 0.4) is 0 Å². The summed E-state index contributed by atoms with van der Waals surface area (Å²) in [7, 11) is 0. The Balaban J connectivity index is 2.22. The van der Waals surface area contributed by atoms with Crippen LogP contribution in [0.1, 0.15) is 30.3 Å². The third kappa shape index (κ3) is 2.85. The normalized spacial score (nSPS) is 12.5. The molecule has 102 valence electrons. The Labute approximate surface area is 110 Å². The molecule has 0 bridgehead atoms. The van der Waals surface area contributed by atoms with Crippen LogP contribution in [0.15, 0.2) is 24.4 Å². The van der Waals surface area contributed by atoms with Crippen LogP contribution in [-0.4, -0.2) is 38.2 Å². The number of fused-ring (bicyclic) bond motifs is 1. The number of aromatic nitrogens is 2. The average Bonchev–Trinajstić information content (AvgIpc) is 2.76. The maximum Gasteiger partial charge on any atom is 0.356 e. The molecule has 0 spiro atoms. The fourth-order valence-electron chi connectivity index (χ4n) is 1.88. The monoisotopic (exact) mass is 263 g/mol. The number of rotatable bonds is 6. The van der Waals surface area contributed by atoms with Crippen LogP contribution < -0.4 is 5.32 Å². The first-order valence-corrected chi connectivity index (χ1v) is 6.25. The Morgan fingerprint density at radius 2 is 2.32 bits per heavy atom. The Kier molecular flexibility index (Phi) is 4.01. The number of aliphatic hydroxyl groups is 1. The van der Waals surface area contributed by atoms with E-state index in [1.165, 1.54) is 4.40 Å². The molecule has 0 aliphatic heterocycles. The summed E-state index contributed by atoms with van der Waals surface area (Å²) in [6, 6.07) is 5.31. The number of carboxylic acids is 1. The number of carboxylic acid groups (broad SMARTS) is 1. The van der Waals surface area contributed by atoms with Crippen molar-refractivity contribution in [2.45, 2.75) is 25.9 Å². The minimum absolute atomic E-state index is 0.113. The highest BCUT2D eigenvalue weighted by molar-refractivity contribution is 5.92. The molecule has 0 aliphatic rings. The Morgan fingerprint density at radius 3 is 3.00 bits per heavy atom. The van der Waals surface area contributed by atoms with E-state index in [0.717, 1.165) is 0 Å². The summed E-state index contributed by atoms with van der Waals surface area (Å²) in [4.78, 5) is 15.5. The number of carbonyl (C=O) groups is 1. The van der Waals surface area contributed by atoms with E-state index in [2.05, 4.69) is 10.3 Å². The molecule has 0 fully saturated rings. The van der Waals surface area contributed by atoms with Crippen molar-refractivity contribution in [1.29, 1.82) is 0 Å². The molecular formula is C13H17N3O3. The summed E-state index contributed by atoms with van der Waals surface area (Å²) in [6.07, 6.45) is 2.53. The minimum Gasteiger partial charge on any atom is -0.476 e. The molecule has 6 nitrogen and oxygen atoms in total. The van der Waals surface area contributed by atoms with Gasteiger partial charge in [0, 0.05) is 12.7 Å². The second-order valence-corrected chi connectivity index (χ2v) is 4.32. The van der Waals surface area contributed by atoms with Crippen LogP contribution in [0.4, 0.5) is 5.82 Å². The van der Waals surface area contributed by atoms with E-state index in [9.17, 15) is 15.0 Å². The highest BCUT2D eigenvalue weighted by Crippen LogP contribution is 2.17. The van der Waals surface area contributed by atoms with Crippen molar-refractivity contribution in [3.8, 4) is 0 Å². The number of pyridine rings is 1. The lowest BCUT2D eigenvalue weighted by molar-refractivity contribution is 0.0690. The number of imidazole rings is 1. The van der Waals surface area contributed by atoms with E-state index in [-0.39, 0.29) is 11.8 Å². The number of aliphatic hydroxyl groups excluding tert-OH is 1. The number of nitrogens with zero attached hydrogens (tertiary/aromatic N) is 2. The number of aromatic carboxylic acids is 1. The van der Waals surface area contributed by atoms with Gasteiger partial charge >= 0.3 is 5.97 Å². The number of nitrogens with one attached hydrogen (secondary N) is 1. The molecule has 6 heteroatoms. The van der Waals surface area contributed by atoms with E-state index in [0.29, 0.717) is 30.9 Å². The summed E-state index contributed by atoms with van der Waals surface area (Å²) in [5, 5.41) is 21.7.